The van der Waals surface area contributed by atoms with E-state index in [-0.39, 0.29) is 24.5 Å². The zero-order valence-corrected chi connectivity index (χ0v) is 8.90. The average molecular weight is 201 g/mol. The van der Waals surface area contributed by atoms with Crippen LogP contribution < -0.4 is 0 Å². The Morgan fingerprint density at radius 1 is 1.64 bits per heavy atom. The Hall–Kier alpha value is -0.610. The molecule has 4 nitrogen and oxygen atoms in total. The van der Waals surface area contributed by atoms with E-state index in [1.54, 1.807) is 4.90 Å². The van der Waals surface area contributed by atoms with Gasteiger partial charge in [-0.3, -0.25) is 4.79 Å². The van der Waals surface area contributed by atoms with Crippen LogP contribution in [0.3, 0.4) is 0 Å². The largest absolute Gasteiger partial charge is 0.393 e. The first-order valence-corrected chi connectivity index (χ1v) is 5.13. The van der Waals surface area contributed by atoms with Gasteiger partial charge in [-0.2, -0.15) is 0 Å². The highest BCUT2D eigenvalue weighted by atomic mass is 16.5. The summed E-state index contributed by atoms with van der Waals surface area (Å²) in [7, 11) is 1.52. The van der Waals surface area contributed by atoms with Gasteiger partial charge >= 0.3 is 0 Å². The molecule has 14 heavy (non-hydrogen) atoms. The summed E-state index contributed by atoms with van der Waals surface area (Å²) >= 11 is 0. The Bertz CT molecular complexity index is 196. The van der Waals surface area contributed by atoms with Crippen molar-refractivity contribution in [1.29, 1.82) is 0 Å². The molecule has 1 heterocycles. The molecule has 0 aliphatic carbocycles. The number of carbonyl (C=O) groups excluding carboxylic acids is 1. The van der Waals surface area contributed by atoms with Crippen molar-refractivity contribution < 1.29 is 14.6 Å². The number of rotatable bonds is 3. The van der Waals surface area contributed by atoms with Crippen molar-refractivity contribution in [3.63, 3.8) is 0 Å². The van der Waals surface area contributed by atoms with Crippen LogP contribution in [-0.2, 0) is 9.53 Å². The van der Waals surface area contributed by atoms with Crippen molar-refractivity contribution in [1.82, 2.24) is 4.90 Å². The molecule has 2 atom stereocenters. The normalized spacial score (nSPS) is 27.8. The van der Waals surface area contributed by atoms with E-state index >= 15 is 0 Å². The number of piperidine rings is 1. The second-order valence-corrected chi connectivity index (χ2v) is 3.80. The summed E-state index contributed by atoms with van der Waals surface area (Å²) in [4.78, 5) is 13.3. The van der Waals surface area contributed by atoms with Crippen LogP contribution in [0.1, 0.15) is 19.8 Å². The van der Waals surface area contributed by atoms with Crippen molar-refractivity contribution in [3.05, 3.63) is 0 Å². The molecule has 1 N–H and O–H groups in total. The van der Waals surface area contributed by atoms with Gasteiger partial charge in [0.25, 0.3) is 0 Å². The number of nitrogens with zero attached hydrogens (tertiary/aromatic N) is 1. The van der Waals surface area contributed by atoms with E-state index in [0.717, 1.165) is 6.42 Å². The van der Waals surface area contributed by atoms with Gasteiger partial charge in [0.2, 0.25) is 5.91 Å². The lowest BCUT2D eigenvalue weighted by molar-refractivity contribution is -0.138. The van der Waals surface area contributed by atoms with Crippen molar-refractivity contribution in [2.24, 2.45) is 5.92 Å². The third kappa shape index (κ3) is 2.69. The van der Waals surface area contributed by atoms with Crippen LogP contribution in [0.5, 0.6) is 0 Å². The second-order valence-electron chi connectivity index (χ2n) is 3.80. The molecule has 2 unspecified atom stereocenters. The first kappa shape index (κ1) is 11.5. The van der Waals surface area contributed by atoms with Gasteiger partial charge in [0, 0.05) is 26.1 Å². The number of ether oxygens (including phenoxy) is 1. The third-order valence-corrected chi connectivity index (χ3v) is 2.84. The maximum absolute atomic E-state index is 11.5. The second kappa shape index (κ2) is 5.32. The molecule has 0 bridgehead atoms. The number of carbonyl (C=O) groups is 1. The minimum Gasteiger partial charge on any atom is -0.393 e. The lowest BCUT2D eigenvalue weighted by Crippen LogP contribution is -2.46. The smallest absolute Gasteiger partial charge is 0.248 e. The van der Waals surface area contributed by atoms with Crippen molar-refractivity contribution in [3.8, 4) is 0 Å². The molecule has 0 aromatic rings. The quantitative estimate of drug-likeness (QED) is 0.712. The molecule has 1 fully saturated rings. The predicted molar refractivity (Wildman–Crippen MR) is 52.9 cm³/mol. The van der Waals surface area contributed by atoms with Gasteiger partial charge in [-0.1, -0.05) is 6.92 Å². The molecule has 1 amide bonds. The summed E-state index contributed by atoms with van der Waals surface area (Å²) in [6.07, 6.45) is 1.36. The maximum atomic E-state index is 11.5. The Kier molecular flexibility index (Phi) is 4.35. The monoisotopic (exact) mass is 201 g/mol. The fraction of sp³-hybridized carbons (Fsp3) is 0.900. The van der Waals surface area contributed by atoms with E-state index in [4.69, 9.17) is 4.74 Å². The van der Waals surface area contributed by atoms with E-state index in [2.05, 4.69) is 0 Å². The van der Waals surface area contributed by atoms with E-state index in [0.29, 0.717) is 19.5 Å². The van der Waals surface area contributed by atoms with Crippen LogP contribution in [-0.4, -0.2) is 48.8 Å². The zero-order chi connectivity index (χ0) is 10.6. The first-order valence-electron chi connectivity index (χ1n) is 5.13. The Morgan fingerprint density at radius 2 is 2.36 bits per heavy atom. The number of amides is 1. The molecule has 0 aromatic heterocycles. The number of hydrogen-bond donors (Lipinski definition) is 1. The first-order chi connectivity index (χ1) is 6.69. The lowest BCUT2D eigenvalue weighted by atomic mass is 9.92. The number of methoxy groups -OCH3 is 1. The molecule has 0 radical (unpaired) electrons. The summed E-state index contributed by atoms with van der Waals surface area (Å²) in [6, 6.07) is 0. The van der Waals surface area contributed by atoms with Gasteiger partial charge in [0.1, 0.15) is 6.61 Å². The molecular weight excluding hydrogens is 182 g/mol. The zero-order valence-electron chi connectivity index (χ0n) is 8.90. The number of aliphatic hydroxyl groups excluding tert-OH is 1. The standard InChI is InChI=1S/C10H19NO3/c1-3-8-6-11(5-4-9(8)12)10(13)7-14-2/h8-9,12H,3-7H2,1-2H3. The Morgan fingerprint density at radius 3 is 2.93 bits per heavy atom. The minimum absolute atomic E-state index is 0.0258. The molecular formula is C10H19NO3. The number of hydrogen-bond acceptors (Lipinski definition) is 3. The summed E-state index contributed by atoms with van der Waals surface area (Å²) in [5.74, 6) is 0.252. The lowest BCUT2D eigenvalue weighted by Gasteiger charge is -2.35. The van der Waals surface area contributed by atoms with Crippen LogP contribution in [0.4, 0.5) is 0 Å². The van der Waals surface area contributed by atoms with Gasteiger partial charge in [-0.25, -0.2) is 0 Å². The Labute approximate surface area is 84.8 Å². The van der Waals surface area contributed by atoms with Crippen LogP contribution in [0.15, 0.2) is 0 Å². The van der Waals surface area contributed by atoms with Gasteiger partial charge in [-0.15, -0.1) is 0 Å². The molecule has 1 rings (SSSR count). The van der Waals surface area contributed by atoms with E-state index in [1.165, 1.54) is 7.11 Å². The molecule has 0 aromatic carbocycles. The van der Waals surface area contributed by atoms with E-state index in [1.807, 2.05) is 6.92 Å². The highest BCUT2D eigenvalue weighted by Gasteiger charge is 2.28. The van der Waals surface area contributed by atoms with Gasteiger partial charge in [-0.05, 0) is 12.8 Å². The van der Waals surface area contributed by atoms with Crippen molar-refractivity contribution in [2.75, 3.05) is 26.8 Å². The number of aliphatic hydroxyl groups is 1. The fourth-order valence-corrected chi connectivity index (χ4v) is 1.86. The predicted octanol–water partition coefficient (Wildman–Crippen LogP) is 0.252. The van der Waals surface area contributed by atoms with Gasteiger partial charge in [0.15, 0.2) is 0 Å². The van der Waals surface area contributed by atoms with Gasteiger partial charge < -0.3 is 14.7 Å². The minimum atomic E-state index is -0.244. The molecule has 1 aliphatic heterocycles. The summed E-state index contributed by atoms with van der Waals surface area (Å²) < 4.78 is 4.80. The highest BCUT2D eigenvalue weighted by molar-refractivity contribution is 5.77. The molecule has 82 valence electrons. The summed E-state index contributed by atoms with van der Waals surface area (Å²) in [5.41, 5.74) is 0. The third-order valence-electron chi connectivity index (χ3n) is 2.84. The molecule has 1 aliphatic rings. The van der Waals surface area contributed by atoms with Crippen molar-refractivity contribution >= 4 is 5.91 Å². The van der Waals surface area contributed by atoms with Gasteiger partial charge in [0.05, 0.1) is 6.10 Å². The van der Waals surface area contributed by atoms with Crippen LogP contribution in [0.25, 0.3) is 0 Å². The Balaban J connectivity index is 2.45. The SMILES string of the molecule is CCC1CN(C(=O)COC)CCC1O. The highest BCUT2D eigenvalue weighted by Crippen LogP contribution is 2.19. The van der Waals surface area contributed by atoms with Crippen LogP contribution in [0.2, 0.25) is 0 Å². The molecule has 4 heteroatoms. The van der Waals surface area contributed by atoms with E-state index < -0.39 is 0 Å². The molecule has 0 saturated carbocycles. The topological polar surface area (TPSA) is 49.8 Å². The van der Waals surface area contributed by atoms with Crippen LogP contribution in [0, 0.1) is 5.92 Å². The maximum Gasteiger partial charge on any atom is 0.248 e. The van der Waals surface area contributed by atoms with Crippen molar-refractivity contribution in [2.45, 2.75) is 25.9 Å². The van der Waals surface area contributed by atoms with Crippen LogP contribution >= 0.6 is 0 Å². The summed E-state index contributed by atoms with van der Waals surface area (Å²) in [5, 5.41) is 9.63. The average Bonchev–Trinajstić information content (AvgIpc) is 2.19. The molecule has 1 saturated heterocycles. The van der Waals surface area contributed by atoms with E-state index in [9.17, 15) is 9.90 Å². The summed E-state index contributed by atoms with van der Waals surface area (Å²) in [6.45, 7) is 3.50. The number of likely N-dealkylation sites (tertiary alicyclic amines) is 1. The fourth-order valence-electron chi connectivity index (χ4n) is 1.86. The molecule has 0 spiro atoms.